The van der Waals surface area contributed by atoms with Crippen LogP contribution in [0, 0.1) is 0 Å². The molecule has 0 saturated carbocycles. The van der Waals surface area contributed by atoms with Gasteiger partial charge in [0.15, 0.2) is 0 Å². The van der Waals surface area contributed by atoms with Crippen LogP contribution in [-0.2, 0) is 11.3 Å². The van der Waals surface area contributed by atoms with Crippen molar-refractivity contribution in [2.24, 2.45) is 0 Å². The van der Waals surface area contributed by atoms with Crippen molar-refractivity contribution in [3.63, 3.8) is 0 Å². The molecule has 29 heavy (non-hydrogen) atoms. The smallest absolute Gasteiger partial charge is 0.415 e. The average Bonchev–Trinajstić information content (AvgIpc) is 2.77. The zero-order chi connectivity index (χ0) is 20.5. The van der Waals surface area contributed by atoms with Gasteiger partial charge in [-0.05, 0) is 30.3 Å². The molecule has 7 nitrogen and oxygen atoms in total. The molecule has 0 unspecified atom stereocenters. The van der Waals surface area contributed by atoms with E-state index < -0.39 is 6.09 Å². The van der Waals surface area contributed by atoms with E-state index in [2.05, 4.69) is 4.90 Å². The molecular formula is C22H28N2O5. The number of methoxy groups -OCH3 is 2. The van der Waals surface area contributed by atoms with Gasteiger partial charge in [0.1, 0.15) is 17.2 Å². The van der Waals surface area contributed by atoms with Gasteiger partial charge in [0.25, 0.3) is 0 Å². The third-order valence-electron chi connectivity index (χ3n) is 4.85. The lowest BCUT2D eigenvalue weighted by Crippen LogP contribution is -2.43. The van der Waals surface area contributed by atoms with Crippen LogP contribution in [0.2, 0.25) is 0 Å². The van der Waals surface area contributed by atoms with E-state index >= 15 is 0 Å². The van der Waals surface area contributed by atoms with Crippen molar-refractivity contribution in [3.05, 3.63) is 54.1 Å². The van der Waals surface area contributed by atoms with Crippen molar-refractivity contribution >= 4 is 6.09 Å². The Morgan fingerprint density at radius 1 is 1.03 bits per heavy atom. The quantitative estimate of drug-likeness (QED) is 0.679. The largest absolute Gasteiger partial charge is 0.497 e. The van der Waals surface area contributed by atoms with Gasteiger partial charge in [0.05, 0.1) is 34.0 Å². The molecule has 0 spiro atoms. The molecule has 1 aliphatic rings. The molecule has 156 valence electrons. The minimum absolute atomic E-state index is 0.358. The Bertz CT molecular complexity index is 778. The van der Waals surface area contributed by atoms with Crippen LogP contribution in [0.1, 0.15) is 5.56 Å². The first-order chi connectivity index (χ1) is 14.2. The molecule has 3 rings (SSSR count). The number of hydrogen-bond donors (Lipinski definition) is 0. The Hall–Kier alpha value is -2.77. The molecule has 0 atom stereocenters. The van der Waals surface area contributed by atoms with Crippen LogP contribution in [0.3, 0.4) is 0 Å². The normalized spacial score (nSPS) is 14.3. The number of hydrogen-bond acceptors (Lipinski definition) is 6. The number of rotatable bonds is 8. The third kappa shape index (κ3) is 6.10. The standard InChI is InChI=1S/C22H28N2O5/c1-26-20-8-9-21(27-2)18(16-20)17-24(11-10-23-12-14-28-15-13-23)22(25)29-19-6-4-3-5-7-19/h3-9,16H,10-15,17H2,1-2H3. The maximum absolute atomic E-state index is 12.9. The fourth-order valence-electron chi connectivity index (χ4n) is 3.19. The monoisotopic (exact) mass is 400 g/mol. The van der Waals surface area contributed by atoms with E-state index in [0.717, 1.165) is 38.4 Å². The second-order valence-electron chi connectivity index (χ2n) is 6.73. The summed E-state index contributed by atoms with van der Waals surface area (Å²) in [5.74, 6) is 1.94. The Balaban J connectivity index is 1.75. The molecule has 0 aliphatic carbocycles. The van der Waals surface area contributed by atoms with Gasteiger partial charge in [-0.2, -0.15) is 0 Å². The summed E-state index contributed by atoms with van der Waals surface area (Å²) in [5, 5.41) is 0. The van der Waals surface area contributed by atoms with E-state index in [-0.39, 0.29) is 0 Å². The second kappa shape index (κ2) is 10.7. The maximum Gasteiger partial charge on any atom is 0.415 e. The summed E-state index contributed by atoms with van der Waals surface area (Å²) in [4.78, 5) is 16.9. The fourth-order valence-corrected chi connectivity index (χ4v) is 3.19. The number of carbonyl (C=O) groups is 1. The van der Waals surface area contributed by atoms with E-state index in [0.29, 0.717) is 30.3 Å². The predicted octanol–water partition coefficient (Wildman–Crippen LogP) is 3.04. The Kier molecular flexibility index (Phi) is 7.72. The molecule has 0 bridgehead atoms. The van der Waals surface area contributed by atoms with Crippen LogP contribution in [0.5, 0.6) is 17.2 Å². The molecule has 1 saturated heterocycles. The van der Waals surface area contributed by atoms with Crippen LogP contribution in [0.15, 0.2) is 48.5 Å². The summed E-state index contributed by atoms with van der Waals surface area (Å²) in [6.45, 7) is 4.81. The summed E-state index contributed by atoms with van der Waals surface area (Å²) in [6, 6.07) is 14.7. The molecule has 0 radical (unpaired) electrons. The molecule has 0 N–H and O–H groups in total. The number of benzene rings is 2. The van der Waals surface area contributed by atoms with E-state index in [4.69, 9.17) is 18.9 Å². The highest BCUT2D eigenvalue weighted by Gasteiger charge is 2.21. The summed E-state index contributed by atoms with van der Waals surface area (Å²) in [6.07, 6.45) is -0.394. The molecule has 7 heteroatoms. The first-order valence-corrected chi connectivity index (χ1v) is 9.72. The number of carbonyl (C=O) groups excluding carboxylic acids is 1. The Labute approximate surface area is 171 Å². The summed E-state index contributed by atoms with van der Waals surface area (Å²) >= 11 is 0. The van der Waals surface area contributed by atoms with Crippen molar-refractivity contribution in [1.29, 1.82) is 0 Å². The van der Waals surface area contributed by atoms with E-state index in [1.54, 1.807) is 31.3 Å². The van der Waals surface area contributed by atoms with Crippen molar-refractivity contribution in [1.82, 2.24) is 9.80 Å². The third-order valence-corrected chi connectivity index (χ3v) is 4.85. The minimum atomic E-state index is -0.394. The molecule has 0 aromatic heterocycles. The van der Waals surface area contributed by atoms with E-state index in [1.807, 2.05) is 36.4 Å². The number of para-hydroxylation sites is 1. The van der Waals surface area contributed by atoms with Crippen molar-refractivity contribution in [2.45, 2.75) is 6.54 Å². The van der Waals surface area contributed by atoms with Crippen LogP contribution < -0.4 is 14.2 Å². The molecule has 1 fully saturated rings. The van der Waals surface area contributed by atoms with Crippen LogP contribution in [0.25, 0.3) is 0 Å². The molecule has 1 amide bonds. The number of morpholine rings is 1. The first kappa shape index (κ1) is 21.0. The lowest BCUT2D eigenvalue weighted by Gasteiger charge is -2.30. The van der Waals surface area contributed by atoms with Gasteiger partial charge in [-0.25, -0.2) is 4.79 Å². The minimum Gasteiger partial charge on any atom is -0.497 e. The predicted molar refractivity (Wildman–Crippen MR) is 110 cm³/mol. The van der Waals surface area contributed by atoms with Crippen molar-refractivity contribution < 1.29 is 23.7 Å². The summed E-state index contributed by atoms with van der Waals surface area (Å²) < 4.78 is 21.8. The maximum atomic E-state index is 12.9. The van der Waals surface area contributed by atoms with Crippen LogP contribution in [-0.4, -0.2) is 69.5 Å². The highest BCUT2D eigenvalue weighted by molar-refractivity contribution is 5.71. The summed E-state index contributed by atoms with van der Waals surface area (Å²) in [5.41, 5.74) is 0.860. The van der Waals surface area contributed by atoms with Crippen LogP contribution in [0.4, 0.5) is 4.79 Å². The van der Waals surface area contributed by atoms with Gasteiger partial charge in [-0.15, -0.1) is 0 Å². The lowest BCUT2D eigenvalue weighted by molar-refractivity contribution is 0.0335. The van der Waals surface area contributed by atoms with Gasteiger partial charge < -0.3 is 23.8 Å². The molecule has 2 aromatic rings. The van der Waals surface area contributed by atoms with Crippen molar-refractivity contribution in [3.8, 4) is 17.2 Å². The lowest BCUT2D eigenvalue weighted by atomic mass is 10.1. The highest BCUT2D eigenvalue weighted by Crippen LogP contribution is 2.25. The van der Waals surface area contributed by atoms with Gasteiger partial charge in [-0.3, -0.25) is 4.90 Å². The number of ether oxygens (including phenoxy) is 4. The van der Waals surface area contributed by atoms with Crippen LogP contribution >= 0.6 is 0 Å². The number of nitrogens with zero attached hydrogens (tertiary/aromatic N) is 2. The average molecular weight is 400 g/mol. The SMILES string of the molecule is COc1ccc(OC)c(CN(CCN2CCOCC2)C(=O)Oc2ccccc2)c1. The molecule has 1 heterocycles. The first-order valence-electron chi connectivity index (χ1n) is 9.72. The molecular weight excluding hydrogens is 372 g/mol. The fraction of sp³-hybridized carbons (Fsp3) is 0.409. The van der Waals surface area contributed by atoms with Crippen molar-refractivity contribution in [2.75, 3.05) is 53.6 Å². The highest BCUT2D eigenvalue weighted by atomic mass is 16.6. The van der Waals surface area contributed by atoms with Gasteiger partial charge in [0, 0.05) is 31.7 Å². The van der Waals surface area contributed by atoms with Gasteiger partial charge in [-0.1, -0.05) is 18.2 Å². The van der Waals surface area contributed by atoms with E-state index in [9.17, 15) is 4.79 Å². The zero-order valence-corrected chi connectivity index (χ0v) is 17.0. The second-order valence-corrected chi connectivity index (χ2v) is 6.73. The topological polar surface area (TPSA) is 60.5 Å². The molecule has 2 aromatic carbocycles. The zero-order valence-electron chi connectivity index (χ0n) is 17.0. The van der Waals surface area contributed by atoms with E-state index in [1.165, 1.54) is 0 Å². The summed E-state index contributed by atoms with van der Waals surface area (Å²) in [7, 11) is 3.23. The Morgan fingerprint density at radius 3 is 2.48 bits per heavy atom. The Morgan fingerprint density at radius 2 is 1.79 bits per heavy atom. The molecule has 1 aliphatic heterocycles. The van der Waals surface area contributed by atoms with Gasteiger partial charge >= 0.3 is 6.09 Å². The van der Waals surface area contributed by atoms with Gasteiger partial charge in [0.2, 0.25) is 0 Å². The number of amides is 1.